The van der Waals surface area contributed by atoms with Gasteiger partial charge < -0.3 is 10.1 Å². The van der Waals surface area contributed by atoms with Gasteiger partial charge in [-0.1, -0.05) is 19.3 Å². The average Bonchev–Trinajstić information content (AvgIpc) is 2.88. The number of piperidine rings is 1. The molecule has 0 unspecified atom stereocenters. The summed E-state index contributed by atoms with van der Waals surface area (Å²) < 4.78 is 8.08. The summed E-state index contributed by atoms with van der Waals surface area (Å²) in [6, 6.07) is 0. The Bertz CT molecular complexity index is 344. The predicted molar refractivity (Wildman–Crippen MR) is 75.3 cm³/mol. The maximum Gasteiger partial charge on any atom is 0.157 e. The Hall–Kier alpha value is -1.03. The summed E-state index contributed by atoms with van der Waals surface area (Å²) >= 11 is 0. The van der Waals surface area contributed by atoms with Gasteiger partial charge in [-0.2, -0.15) is 5.10 Å². The van der Waals surface area contributed by atoms with Crippen LogP contribution in [-0.4, -0.2) is 29.0 Å². The van der Waals surface area contributed by atoms with Gasteiger partial charge in [-0.05, 0) is 44.7 Å². The molecule has 2 fully saturated rings. The number of aromatic nitrogens is 2. The minimum absolute atomic E-state index is 0.369. The van der Waals surface area contributed by atoms with Gasteiger partial charge in [0.2, 0.25) is 0 Å². The molecule has 0 atom stereocenters. The van der Waals surface area contributed by atoms with Gasteiger partial charge in [0.25, 0.3) is 0 Å². The van der Waals surface area contributed by atoms with Gasteiger partial charge in [0, 0.05) is 6.54 Å². The van der Waals surface area contributed by atoms with E-state index in [1.165, 1.54) is 32.1 Å². The third kappa shape index (κ3) is 3.72. The normalized spacial score (nSPS) is 22.5. The van der Waals surface area contributed by atoms with Crippen molar-refractivity contribution < 1.29 is 4.74 Å². The molecular weight excluding hydrogens is 238 g/mol. The highest BCUT2D eigenvalue weighted by Crippen LogP contribution is 2.25. The van der Waals surface area contributed by atoms with Crippen molar-refractivity contribution in [2.24, 2.45) is 5.92 Å². The molecule has 0 aromatic carbocycles. The van der Waals surface area contributed by atoms with Gasteiger partial charge in [-0.3, -0.25) is 4.68 Å². The molecule has 1 saturated heterocycles. The molecular formula is C15H25N3O. The number of hydrogen-bond donors (Lipinski definition) is 1. The summed E-state index contributed by atoms with van der Waals surface area (Å²) in [6.45, 7) is 3.21. The molecule has 1 saturated carbocycles. The summed E-state index contributed by atoms with van der Waals surface area (Å²) in [7, 11) is 0. The van der Waals surface area contributed by atoms with Crippen molar-refractivity contribution in [1.82, 2.24) is 15.1 Å². The first-order valence-corrected chi connectivity index (χ1v) is 7.80. The van der Waals surface area contributed by atoms with Crippen LogP contribution in [0.25, 0.3) is 0 Å². The minimum Gasteiger partial charge on any atom is -0.487 e. The molecule has 1 aromatic rings. The molecule has 2 heterocycles. The highest BCUT2D eigenvalue weighted by atomic mass is 16.5. The molecule has 19 heavy (non-hydrogen) atoms. The molecule has 3 rings (SSSR count). The average molecular weight is 263 g/mol. The van der Waals surface area contributed by atoms with Crippen LogP contribution in [0.4, 0.5) is 0 Å². The zero-order chi connectivity index (χ0) is 12.9. The second-order valence-corrected chi connectivity index (χ2v) is 5.97. The lowest BCUT2D eigenvalue weighted by atomic mass is 9.89. The maximum atomic E-state index is 6.00. The molecule has 1 aliphatic carbocycles. The van der Waals surface area contributed by atoms with E-state index in [4.69, 9.17) is 4.74 Å². The van der Waals surface area contributed by atoms with E-state index in [0.717, 1.165) is 44.1 Å². The summed E-state index contributed by atoms with van der Waals surface area (Å²) in [5.41, 5.74) is 0. The second kappa shape index (κ2) is 6.42. The van der Waals surface area contributed by atoms with Gasteiger partial charge in [-0.15, -0.1) is 0 Å². The van der Waals surface area contributed by atoms with Crippen LogP contribution in [-0.2, 0) is 6.54 Å². The van der Waals surface area contributed by atoms with Crippen LogP contribution < -0.4 is 10.1 Å². The maximum absolute atomic E-state index is 6.00. The van der Waals surface area contributed by atoms with Crippen molar-refractivity contribution >= 4 is 0 Å². The summed E-state index contributed by atoms with van der Waals surface area (Å²) in [6.07, 6.45) is 13.5. The third-order valence-corrected chi connectivity index (χ3v) is 4.37. The van der Waals surface area contributed by atoms with E-state index < -0.39 is 0 Å². The van der Waals surface area contributed by atoms with Crippen LogP contribution in [0.15, 0.2) is 12.4 Å². The zero-order valence-electron chi connectivity index (χ0n) is 11.7. The van der Waals surface area contributed by atoms with Crippen LogP contribution in [0.5, 0.6) is 5.75 Å². The van der Waals surface area contributed by atoms with Crippen molar-refractivity contribution in [3.8, 4) is 5.75 Å². The molecule has 1 N–H and O–H groups in total. The number of hydrogen-bond acceptors (Lipinski definition) is 3. The van der Waals surface area contributed by atoms with Crippen molar-refractivity contribution in [1.29, 1.82) is 0 Å². The van der Waals surface area contributed by atoms with E-state index in [-0.39, 0.29) is 0 Å². The Balaban J connectivity index is 1.50. The fourth-order valence-corrected chi connectivity index (χ4v) is 3.25. The lowest BCUT2D eigenvalue weighted by molar-refractivity contribution is 0.162. The van der Waals surface area contributed by atoms with Crippen molar-refractivity contribution in [2.45, 2.75) is 57.6 Å². The topological polar surface area (TPSA) is 39.1 Å². The summed E-state index contributed by atoms with van der Waals surface area (Å²) in [5, 5.41) is 7.81. The molecule has 0 bridgehead atoms. The molecule has 4 heteroatoms. The smallest absolute Gasteiger partial charge is 0.157 e. The Morgan fingerprint density at radius 1 is 1.16 bits per heavy atom. The molecule has 1 aromatic heterocycles. The van der Waals surface area contributed by atoms with E-state index in [1.54, 1.807) is 0 Å². The van der Waals surface area contributed by atoms with E-state index in [2.05, 4.69) is 21.3 Å². The van der Waals surface area contributed by atoms with Crippen LogP contribution in [0.1, 0.15) is 44.9 Å². The first-order valence-electron chi connectivity index (χ1n) is 7.80. The van der Waals surface area contributed by atoms with Gasteiger partial charge >= 0.3 is 0 Å². The molecule has 0 spiro atoms. The molecule has 4 nitrogen and oxygen atoms in total. The van der Waals surface area contributed by atoms with E-state index >= 15 is 0 Å². The minimum atomic E-state index is 0.369. The molecule has 106 valence electrons. The van der Waals surface area contributed by atoms with E-state index in [9.17, 15) is 0 Å². The first kappa shape index (κ1) is 13.0. The van der Waals surface area contributed by atoms with Crippen LogP contribution >= 0.6 is 0 Å². The lowest BCUT2D eigenvalue weighted by Gasteiger charge is -2.23. The van der Waals surface area contributed by atoms with Gasteiger partial charge in [-0.25, -0.2) is 0 Å². The Labute approximate surface area is 115 Å². The Morgan fingerprint density at radius 2 is 1.95 bits per heavy atom. The van der Waals surface area contributed by atoms with Crippen molar-refractivity contribution in [3.05, 3.63) is 12.4 Å². The molecule has 0 radical (unpaired) electrons. The van der Waals surface area contributed by atoms with Crippen LogP contribution in [0.3, 0.4) is 0 Å². The summed E-state index contributed by atoms with van der Waals surface area (Å²) in [4.78, 5) is 0. The lowest BCUT2D eigenvalue weighted by Crippen LogP contribution is -2.34. The largest absolute Gasteiger partial charge is 0.487 e. The predicted octanol–water partition coefficient (Wildman–Crippen LogP) is 2.59. The van der Waals surface area contributed by atoms with Gasteiger partial charge in [0.1, 0.15) is 6.10 Å². The Kier molecular flexibility index (Phi) is 4.38. The standard InChI is InChI=1S/C15H25N3O/c1-2-4-13(5-3-1)11-18-12-15(10-17-18)19-14-6-8-16-9-7-14/h10,12-14,16H,1-9,11H2. The third-order valence-electron chi connectivity index (χ3n) is 4.37. The highest BCUT2D eigenvalue weighted by molar-refractivity contribution is 5.12. The second-order valence-electron chi connectivity index (χ2n) is 5.97. The summed E-state index contributed by atoms with van der Waals surface area (Å²) in [5.74, 6) is 1.77. The van der Waals surface area contributed by atoms with E-state index in [1.807, 2.05) is 6.20 Å². The monoisotopic (exact) mass is 263 g/mol. The van der Waals surface area contributed by atoms with Crippen molar-refractivity contribution in [3.63, 3.8) is 0 Å². The van der Waals surface area contributed by atoms with Gasteiger partial charge in [0.15, 0.2) is 5.75 Å². The SMILES string of the molecule is c1nn(CC2CCCCC2)cc1OC1CCNCC1. The molecule has 0 amide bonds. The quantitative estimate of drug-likeness (QED) is 0.907. The number of rotatable bonds is 4. The highest BCUT2D eigenvalue weighted by Gasteiger charge is 2.17. The van der Waals surface area contributed by atoms with Gasteiger partial charge in [0.05, 0.1) is 12.4 Å². The van der Waals surface area contributed by atoms with E-state index in [0.29, 0.717) is 6.10 Å². The zero-order valence-corrected chi connectivity index (χ0v) is 11.7. The van der Waals surface area contributed by atoms with Crippen LogP contribution in [0, 0.1) is 5.92 Å². The fraction of sp³-hybridized carbons (Fsp3) is 0.800. The molecule has 1 aliphatic heterocycles. The van der Waals surface area contributed by atoms with Crippen LogP contribution in [0.2, 0.25) is 0 Å². The molecule has 2 aliphatic rings. The fourth-order valence-electron chi connectivity index (χ4n) is 3.25. The first-order chi connectivity index (χ1) is 9.40. The number of nitrogens with one attached hydrogen (secondary N) is 1. The Morgan fingerprint density at radius 3 is 2.74 bits per heavy atom. The number of ether oxygens (including phenoxy) is 1. The van der Waals surface area contributed by atoms with Crippen molar-refractivity contribution in [2.75, 3.05) is 13.1 Å². The number of nitrogens with zero attached hydrogens (tertiary/aromatic N) is 2.